The number of rotatable bonds is 8. The Balaban J connectivity index is 2.04. The van der Waals surface area contributed by atoms with Crippen molar-refractivity contribution in [3.05, 3.63) is 0 Å². The zero-order chi connectivity index (χ0) is 13.4. The Morgan fingerprint density at radius 3 is 2.56 bits per heavy atom. The van der Waals surface area contributed by atoms with Crippen LogP contribution in [0.15, 0.2) is 0 Å². The lowest BCUT2D eigenvalue weighted by molar-refractivity contribution is 0.122. The molecule has 0 spiro atoms. The van der Waals surface area contributed by atoms with Crippen molar-refractivity contribution in [2.75, 3.05) is 19.8 Å². The van der Waals surface area contributed by atoms with Gasteiger partial charge in [-0.05, 0) is 50.0 Å². The van der Waals surface area contributed by atoms with Gasteiger partial charge in [0.2, 0.25) is 0 Å². The van der Waals surface area contributed by atoms with E-state index >= 15 is 0 Å². The van der Waals surface area contributed by atoms with Crippen LogP contribution in [0.2, 0.25) is 0 Å². The molecule has 0 aliphatic heterocycles. The molecule has 1 saturated carbocycles. The first-order chi connectivity index (χ1) is 8.53. The fourth-order valence-electron chi connectivity index (χ4n) is 3.33. The second-order valence-electron chi connectivity index (χ2n) is 6.88. The van der Waals surface area contributed by atoms with Gasteiger partial charge >= 0.3 is 0 Å². The minimum atomic E-state index is 0.521. The molecule has 1 aliphatic carbocycles. The zero-order valence-corrected chi connectivity index (χ0v) is 12.9. The van der Waals surface area contributed by atoms with Crippen LogP contribution in [0.5, 0.6) is 0 Å². The van der Waals surface area contributed by atoms with Crippen molar-refractivity contribution in [2.24, 2.45) is 11.3 Å². The highest BCUT2D eigenvalue weighted by Gasteiger charge is 2.31. The van der Waals surface area contributed by atoms with E-state index in [4.69, 9.17) is 4.74 Å². The van der Waals surface area contributed by atoms with E-state index in [-0.39, 0.29) is 0 Å². The van der Waals surface area contributed by atoms with Gasteiger partial charge in [0.05, 0.1) is 0 Å². The average molecular weight is 255 g/mol. The predicted octanol–water partition coefficient (Wildman–Crippen LogP) is 4.00. The van der Waals surface area contributed by atoms with Crippen molar-refractivity contribution >= 4 is 0 Å². The molecule has 0 heterocycles. The maximum absolute atomic E-state index is 5.59. The van der Waals surface area contributed by atoms with E-state index in [0.29, 0.717) is 5.41 Å². The van der Waals surface area contributed by atoms with Gasteiger partial charge in [-0.2, -0.15) is 0 Å². The standard InChI is InChI=1S/C16H33NO/c1-5-6-9-18-10-7-8-17-15-11-14(2)12-16(3,4)13-15/h14-15,17H,5-13H2,1-4H3. The Kier molecular flexibility index (Phi) is 7.25. The summed E-state index contributed by atoms with van der Waals surface area (Å²) >= 11 is 0. The summed E-state index contributed by atoms with van der Waals surface area (Å²) in [5, 5.41) is 3.72. The summed E-state index contributed by atoms with van der Waals surface area (Å²) in [6.45, 7) is 12.4. The van der Waals surface area contributed by atoms with Crippen LogP contribution in [0.4, 0.5) is 0 Å². The molecule has 1 aliphatic rings. The molecule has 1 N–H and O–H groups in total. The lowest BCUT2D eigenvalue weighted by atomic mass is 9.70. The Hall–Kier alpha value is -0.0800. The van der Waals surface area contributed by atoms with Gasteiger partial charge < -0.3 is 10.1 Å². The van der Waals surface area contributed by atoms with Gasteiger partial charge in [0.25, 0.3) is 0 Å². The van der Waals surface area contributed by atoms with E-state index in [1.165, 1.54) is 32.1 Å². The van der Waals surface area contributed by atoms with Crippen LogP contribution in [-0.2, 0) is 4.74 Å². The summed E-state index contributed by atoms with van der Waals surface area (Å²) in [6, 6.07) is 0.722. The van der Waals surface area contributed by atoms with Crippen LogP contribution >= 0.6 is 0 Å². The summed E-state index contributed by atoms with van der Waals surface area (Å²) in [4.78, 5) is 0. The molecule has 2 nitrogen and oxygen atoms in total. The lowest BCUT2D eigenvalue weighted by Crippen LogP contribution is -2.40. The number of hydrogen-bond acceptors (Lipinski definition) is 2. The van der Waals surface area contributed by atoms with Gasteiger partial charge in [0.1, 0.15) is 0 Å². The van der Waals surface area contributed by atoms with Gasteiger partial charge in [0, 0.05) is 19.3 Å². The highest BCUT2D eigenvalue weighted by Crippen LogP contribution is 2.38. The SMILES string of the molecule is CCCCOCCCNC1CC(C)CC(C)(C)C1. The second-order valence-corrected chi connectivity index (χ2v) is 6.88. The second kappa shape index (κ2) is 8.16. The topological polar surface area (TPSA) is 21.3 Å². The summed E-state index contributed by atoms with van der Waals surface area (Å²) in [5.74, 6) is 0.868. The number of nitrogens with one attached hydrogen (secondary N) is 1. The Bertz CT molecular complexity index is 215. The lowest BCUT2D eigenvalue weighted by Gasteiger charge is -2.39. The molecule has 2 heteroatoms. The zero-order valence-electron chi connectivity index (χ0n) is 12.9. The summed E-state index contributed by atoms with van der Waals surface area (Å²) < 4.78 is 5.59. The largest absolute Gasteiger partial charge is 0.381 e. The first-order valence-electron chi connectivity index (χ1n) is 7.84. The molecule has 0 saturated heterocycles. The van der Waals surface area contributed by atoms with Crippen LogP contribution in [-0.4, -0.2) is 25.8 Å². The molecule has 0 radical (unpaired) electrons. The van der Waals surface area contributed by atoms with E-state index in [1.807, 2.05) is 0 Å². The van der Waals surface area contributed by atoms with Crippen LogP contribution in [0.25, 0.3) is 0 Å². The van der Waals surface area contributed by atoms with Crippen molar-refractivity contribution in [2.45, 2.75) is 72.3 Å². The van der Waals surface area contributed by atoms with E-state index in [0.717, 1.165) is 38.1 Å². The Morgan fingerprint density at radius 2 is 1.89 bits per heavy atom. The molecule has 1 rings (SSSR count). The summed E-state index contributed by atoms with van der Waals surface area (Å²) in [6.07, 6.45) is 7.63. The van der Waals surface area contributed by atoms with Crippen LogP contribution in [0.1, 0.15) is 66.2 Å². The van der Waals surface area contributed by atoms with Gasteiger partial charge in [0.15, 0.2) is 0 Å². The normalized spacial score (nSPS) is 27.3. The molecule has 0 amide bonds. The minimum absolute atomic E-state index is 0.521. The van der Waals surface area contributed by atoms with Crippen molar-refractivity contribution in [3.8, 4) is 0 Å². The molecule has 1 fully saturated rings. The summed E-state index contributed by atoms with van der Waals surface area (Å²) in [5.41, 5.74) is 0.521. The molecule has 2 atom stereocenters. The third-order valence-corrected chi connectivity index (χ3v) is 3.93. The number of ether oxygens (including phenoxy) is 1. The van der Waals surface area contributed by atoms with E-state index in [2.05, 4.69) is 33.0 Å². The van der Waals surface area contributed by atoms with Crippen molar-refractivity contribution in [1.29, 1.82) is 0 Å². The first kappa shape index (κ1) is 16.0. The predicted molar refractivity (Wildman–Crippen MR) is 78.9 cm³/mol. The molecular formula is C16H33NO. The summed E-state index contributed by atoms with van der Waals surface area (Å²) in [7, 11) is 0. The molecular weight excluding hydrogens is 222 g/mol. The molecule has 0 aromatic rings. The number of hydrogen-bond donors (Lipinski definition) is 1. The molecule has 0 bridgehead atoms. The quantitative estimate of drug-likeness (QED) is 0.662. The molecule has 18 heavy (non-hydrogen) atoms. The minimum Gasteiger partial charge on any atom is -0.381 e. The third kappa shape index (κ3) is 6.75. The Labute approximate surface area is 114 Å². The fourth-order valence-corrected chi connectivity index (χ4v) is 3.33. The maximum Gasteiger partial charge on any atom is 0.0478 e. The van der Waals surface area contributed by atoms with Crippen LogP contribution < -0.4 is 5.32 Å². The van der Waals surface area contributed by atoms with Gasteiger partial charge in [-0.1, -0.05) is 34.1 Å². The Morgan fingerprint density at radius 1 is 1.17 bits per heavy atom. The van der Waals surface area contributed by atoms with E-state index in [1.54, 1.807) is 0 Å². The van der Waals surface area contributed by atoms with E-state index < -0.39 is 0 Å². The molecule has 0 aromatic carbocycles. The smallest absolute Gasteiger partial charge is 0.0478 e. The molecule has 108 valence electrons. The van der Waals surface area contributed by atoms with Gasteiger partial charge in [-0.3, -0.25) is 0 Å². The van der Waals surface area contributed by atoms with Crippen molar-refractivity contribution < 1.29 is 4.74 Å². The third-order valence-electron chi connectivity index (χ3n) is 3.93. The molecule has 2 unspecified atom stereocenters. The first-order valence-corrected chi connectivity index (χ1v) is 7.84. The van der Waals surface area contributed by atoms with Gasteiger partial charge in [-0.25, -0.2) is 0 Å². The average Bonchev–Trinajstić information content (AvgIpc) is 2.25. The maximum atomic E-state index is 5.59. The van der Waals surface area contributed by atoms with Crippen molar-refractivity contribution in [3.63, 3.8) is 0 Å². The monoisotopic (exact) mass is 255 g/mol. The van der Waals surface area contributed by atoms with Crippen LogP contribution in [0.3, 0.4) is 0 Å². The highest BCUT2D eigenvalue weighted by molar-refractivity contribution is 4.86. The molecule has 0 aromatic heterocycles. The fraction of sp³-hybridized carbons (Fsp3) is 1.00. The number of unbranched alkanes of at least 4 members (excludes halogenated alkanes) is 1. The van der Waals surface area contributed by atoms with Gasteiger partial charge in [-0.15, -0.1) is 0 Å². The highest BCUT2D eigenvalue weighted by atomic mass is 16.5. The van der Waals surface area contributed by atoms with Crippen LogP contribution in [0, 0.1) is 11.3 Å². The van der Waals surface area contributed by atoms with Crippen molar-refractivity contribution in [1.82, 2.24) is 5.32 Å². The van der Waals surface area contributed by atoms with E-state index in [9.17, 15) is 0 Å².